The van der Waals surface area contributed by atoms with Crippen molar-refractivity contribution in [3.8, 4) is 11.5 Å². The summed E-state index contributed by atoms with van der Waals surface area (Å²) in [7, 11) is 0. The molecule has 0 radical (unpaired) electrons. The normalized spacial score (nSPS) is 10.9. The van der Waals surface area contributed by atoms with Crippen molar-refractivity contribution in [2.24, 2.45) is 0 Å². The summed E-state index contributed by atoms with van der Waals surface area (Å²) in [6.07, 6.45) is 0. The van der Waals surface area contributed by atoms with Gasteiger partial charge in [0, 0.05) is 11.3 Å². The van der Waals surface area contributed by atoms with E-state index in [0.29, 0.717) is 33.3 Å². The molecule has 27 heavy (non-hydrogen) atoms. The van der Waals surface area contributed by atoms with Gasteiger partial charge in [-0.05, 0) is 48.5 Å². The van der Waals surface area contributed by atoms with E-state index in [-0.39, 0.29) is 10.6 Å². The van der Waals surface area contributed by atoms with Crippen molar-refractivity contribution in [2.75, 3.05) is 5.32 Å². The Bertz CT molecular complexity index is 1170. The molecule has 0 fully saturated rings. The number of aromatic nitrogens is 1. The fourth-order valence-corrected chi connectivity index (χ4v) is 2.93. The highest BCUT2D eigenvalue weighted by molar-refractivity contribution is 6.33. The van der Waals surface area contributed by atoms with Crippen molar-refractivity contribution in [3.63, 3.8) is 0 Å². The smallest absolute Gasteiger partial charge is 0.255 e. The van der Waals surface area contributed by atoms with Gasteiger partial charge in [0.2, 0.25) is 5.89 Å². The van der Waals surface area contributed by atoms with E-state index in [2.05, 4.69) is 10.3 Å². The fourth-order valence-electron chi connectivity index (χ4n) is 2.60. The molecule has 0 atom stereocenters. The molecule has 1 aromatic heterocycles. The zero-order valence-electron chi connectivity index (χ0n) is 13.7. The van der Waals surface area contributed by atoms with Crippen LogP contribution in [0.5, 0.6) is 0 Å². The molecule has 1 heterocycles. The van der Waals surface area contributed by atoms with E-state index in [1.807, 2.05) is 18.2 Å². The number of oxazole rings is 1. The molecular weight excluding hydrogens is 390 g/mol. The standard InChI is InChI=1S/C20H11Cl2FN2O2/c21-14-4-2-1-3-13(14)20-25-17-10-12(6-8-18(17)27-20)24-19(26)11-5-7-15(22)16(23)9-11/h1-10H,(H,24,26). The third kappa shape index (κ3) is 3.52. The maximum Gasteiger partial charge on any atom is 0.255 e. The molecule has 0 aliphatic rings. The average Bonchev–Trinajstić information content (AvgIpc) is 3.07. The van der Waals surface area contributed by atoms with Gasteiger partial charge in [0.05, 0.1) is 15.6 Å². The lowest BCUT2D eigenvalue weighted by Crippen LogP contribution is -2.12. The molecule has 4 rings (SSSR count). The topological polar surface area (TPSA) is 55.1 Å². The lowest BCUT2D eigenvalue weighted by atomic mass is 10.2. The summed E-state index contributed by atoms with van der Waals surface area (Å²) >= 11 is 11.8. The molecule has 0 unspecified atom stereocenters. The summed E-state index contributed by atoms with van der Waals surface area (Å²) < 4.78 is 19.3. The Morgan fingerprint density at radius 2 is 1.81 bits per heavy atom. The molecule has 0 aliphatic heterocycles. The predicted molar refractivity (Wildman–Crippen MR) is 104 cm³/mol. The maximum atomic E-state index is 13.5. The number of halogens is 3. The van der Waals surface area contributed by atoms with Gasteiger partial charge in [-0.25, -0.2) is 9.37 Å². The van der Waals surface area contributed by atoms with Crippen LogP contribution in [0, 0.1) is 5.82 Å². The van der Waals surface area contributed by atoms with Crippen LogP contribution < -0.4 is 5.32 Å². The van der Waals surface area contributed by atoms with Crippen LogP contribution in [0.2, 0.25) is 10.0 Å². The van der Waals surface area contributed by atoms with Crippen LogP contribution in [-0.2, 0) is 0 Å². The van der Waals surface area contributed by atoms with Crippen molar-refractivity contribution >= 4 is 45.9 Å². The van der Waals surface area contributed by atoms with Crippen LogP contribution in [0.25, 0.3) is 22.6 Å². The minimum Gasteiger partial charge on any atom is -0.436 e. The third-order valence-corrected chi connectivity index (χ3v) is 4.57. The fraction of sp³-hybridized carbons (Fsp3) is 0. The van der Waals surface area contributed by atoms with E-state index in [4.69, 9.17) is 27.6 Å². The summed E-state index contributed by atoms with van der Waals surface area (Å²) in [5.74, 6) is -0.723. The number of benzene rings is 3. The molecule has 0 spiro atoms. The number of rotatable bonds is 3. The van der Waals surface area contributed by atoms with Crippen molar-refractivity contribution in [1.82, 2.24) is 4.98 Å². The van der Waals surface area contributed by atoms with Gasteiger partial charge >= 0.3 is 0 Å². The molecule has 7 heteroatoms. The zero-order chi connectivity index (χ0) is 19.0. The number of amides is 1. The number of fused-ring (bicyclic) bond motifs is 1. The zero-order valence-corrected chi connectivity index (χ0v) is 15.2. The van der Waals surface area contributed by atoms with Crippen molar-refractivity contribution < 1.29 is 13.6 Å². The minimum absolute atomic E-state index is 0.0392. The summed E-state index contributed by atoms with van der Waals surface area (Å²) in [6, 6.07) is 16.1. The van der Waals surface area contributed by atoms with Gasteiger partial charge in [-0.1, -0.05) is 35.3 Å². The molecule has 0 aliphatic carbocycles. The summed E-state index contributed by atoms with van der Waals surface area (Å²) in [5, 5.41) is 3.19. The van der Waals surface area contributed by atoms with Gasteiger partial charge in [0.15, 0.2) is 5.58 Å². The highest BCUT2D eigenvalue weighted by atomic mass is 35.5. The third-order valence-electron chi connectivity index (χ3n) is 3.93. The van der Waals surface area contributed by atoms with E-state index < -0.39 is 11.7 Å². The van der Waals surface area contributed by atoms with Gasteiger partial charge in [0.1, 0.15) is 11.3 Å². The van der Waals surface area contributed by atoms with Gasteiger partial charge in [-0.3, -0.25) is 4.79 Å². The number of nitrogens with one attached hydrogen (secondary N) is 1. The number of hydrogen-bond acceptors (Lipinski definition) is 3. The largest absolute Gasteiger partial charge is 0.436 e. The molecule has 1 amide bonds. The van der Waals surface area contributed by atoms with E-state index in [1.165, 1.54) is 12.1 Å². The van der Waals surface area contributed by atoms with Crippen LogP contribution >= 0.6 is 23.2 Å². The molecule has 1 N–H and O–H groups in total. The first-order valence-electron chi connectivity index (χ1n) is 7.93. The quantitative estimate of drug-likeness (QED) is 0.445. The van der Waals surface area contributed by atoms with Crippen LogP contribution in [-0.4, -0.2) is 10.9 Å². The molecule has 4 aromatic rings. The van der Waals surface area contributed by atoms with E-state index in [0.717, 1.165) is 6.07 Å². The lowest BCUT2D eigenvalue weighted by molar-refractivity contribution is 0.102. The van der Waals surface area contributed by atoms with E-state index >= 15 is 0 Å². The molecule has 134 valence electrons. The Kier molecular flexibility index (Phi) is 4.56. The van der Waals surface area contributed by atoms with Gasteiger partial charge in [-0.15, -0.1) is 0 Å². The van der Waals surface area contributed by atoms with E-state index in [1.54, 1.807) is 24.3 Å². The van der Waals surface area contributed by atoms with Gasteiger partial charge in [0.25, 0.3) is 5.91 Å². The number of carbonyl (C=O) groups is 1. The number of hydrogen-bond donors (Lipinski definition) is 1. The van der Waals surface area contributed by atoms with Crippen LogP contribution in [0.1, 0.15) is 10.4 Å². The Morgan fingerprint density at radius 3 is 2.59 bits per heavy atom. The molecular formula is C20H11Cl2FN2O2. The summed E-state index contributed by atoms with van der Waals surface area (Å²) in [6.45, 7) is 0. The van der Waals surface area contributed by atoms with Gasteiger partial charge < -0.3 is 9.73 Å². The Labute approximate surface area is 163 Å². The lowest BCUT2D eigenvalue weighted by Gasteiger charge is -2.05. The molecule has 0 saturated heterocycles. The molecule has 3 aromatic carbocycles. The van der Waals surface area contributed by atoms with Crippen LogP contribution in [0.15, 0.2) is 65.1 Å². The van der Waals surface area contributed by atoms with Crippen LogP contribution in [0.3, 0.4) is 0 Å². The van der Waals surface area contributed by atoms with Gasteiger partial charge in [-0.2, -0.15) is 0 Å². The second kappa shape index (κ2) is 7.02. The molecule has 0 bridgehead atoms. The van der Waals surface area contributed by atoms with E-state index in [9.17, 15) is 9.18 Å². The molecule has 0 saturated carbocycles. The number of carbonyl (C=O) groups excluding carboxylic acids is 1. The SMILES string of the molecule is O=C(Nc1ccc2oc(-c3ccccc3Cl)nc2c1)c1ccc(Cl)c(F)c1. The summed E-state index contributed by atoms with van der Waals surface area (Å²) in [4.78, 5) is 16.7. The predicted octanol–water partition coefficient (Wildman–Crippen LogP) is 6.19. The number of nitrogens with zero attached hydrogens (tertiary/aromatic N) is 1. The summed E-state index contributed by atoms with van der Waals surface area (Å²) in [5.41, 5.74) is 2.46. The first-order valence-corrected chi connectivity index (χ1v) is 8.69. The number of anilines is 1. The Hall–Kier alpha value is -2.89. The minimum atomic E-state index is -0.652. The van der Waals surface area contributed by atoms with Crippen LogP contribution in [0.4, 0.5) is 10.1 Å². The average molecular weight is 401 g/mol. The Morgan fingerprint density at radius 1 is 1.00 bits per heavy atom. The highest BCUT2D eigenvalue weighted by Crippen LogP contribution is 2.30. The highest BCUT2D eigenvalue weighted by Gasteiger charge is 2.13. The monoisotopic (exact) mass is 400 g/mol. The molecule has 4 nitrogen and oxygen atoms in total. The van der Waals surface area contributed by atoms with Crippen molar-refractivity contribution in [3.05, 3.63) is 82.1 Å². The Balaban J connectivity index is 1.62. The maximum absolute atomic E-state index is 13.5. The van der Waals surface area contributed by atoms with Crippen molar-refractivity contribution in [1.29, 1.82) is 0 Å². The van der Waals surface area contributed by atoms with Crippen molar-refractivity contribution in [2.45, 2.75) is 0 Å². The second-order valence-corrected chi connectivity index (χ2v) is 6.58. The first-order chi connectivity index (χ1) is 13.0. The second-order valence-electron chi connectivity index (χ2n) is 5.76. The first kappa shape index (κ1) is 17.5.